The van der Waals surface area contributed by atoms with Crippen molar-refractivity contribution in [1.82, 2.24) is 19.3 Å². The molecule has 0 aliphatic heterocycles. The van der Waals surface area contributed by atoms with Gasteiger partial charge in [-0.3, -0.25) is 4.79 Å². The molecule has 5 nitrogen and oxygen atoms in total. The molecule has 1 aliphatic carbocycles. The van der Waals surface area contributed by atoms with Crippen LogP contribution in [0.25, 0.3) is 11.4 Å². The molecule has 1 aromatic carbocycles. The Hall–Kier alpha value is -2.69. The van der Waals surface area contributed by atoms with E-state index in [1.165, 1.54) is 18.4 Å². The molecule has 2 aromatic heterocycles. The van der Waals surface area contributed by atoms with Crippen LogP contribution in [0.1, 0.15) is 30.1 Å². The predicted octanol–water partition coefficient (Wildman–Crippen LogP) is 2.76. The van der Waals surface area contributed by atoms with Gasteiger partial charge in [-0.25, -0.2) is 9.67 Å². The molecule has 0 amide bonds. The van der Waals surface area contributed by atoms with Crippen LogP contribution in [-0.2, 0) is 20.0 Å². The SMILES string of the molecule is Cn1ccc(-c2nc(C3CC3)nn2CCc2ccccc2)cc1=O. The molecule has 0 atom stereocenters. The number of pyridine rings is 1. The van der Waals surface area contributed by atoms with Crippen LogP contribution >= 0.6 is 0 Å². The van der Waals surface area contributed by atoms with Gasteiger partial charge in [0.2, 0.25) is 0 Å². The second-order valence-corrected chi connectivity index (χ2v) is 6.39. The van der Waals surface area contributed by atoms with Crippen molar-refractivity contribution in [3.8, 4) is 11.4 Å². The van der Waals surface area contributed by atoms with Gasteiger partial charge in [-0.2, -0.15) is 5.10 Å². The first-order valence-corrected chi connectivity index (χ1v) is 8.36. The summed E-state index contributed by atoms with van der Waals surface area (Å²) in [6.07, 6.45) is 5.01. The molecule has 0 spiro atoms. The van der Waals surface area contributed by atoms with E-state index >= 15 is 0 Å². The third-order valence-electron chi connectivity index (χ3n) is 4.45. The molecular formula is C19H20N4O. The van der Waals surface area contributed by atoms with Gasteiger partial charge in [0, 0.05) is 37.3 Å². The fraction of sp³-hybridized carbons (Fsp3) is 0.316. The molecule has 0 bridgehead atoms. The highest BCUT2D eigenvalue weighted by atomic mass is 16.1. The van der Waals surface area contributed by atoms with Crippen molar-refractivity contribution in [3.05, 3.63) is 70.4 Å². The summed E-state index contributed by atoms with van der Waals surface area (Å²) in [5.74, 6) is 2.21. The molecular weight excluding hydrogens is 300 g/mol. The van der Waals surface area contributed by atoms with E-state index in [0.29, 0.717) is 5.92 Å². The molecule has 24 heavy (non-hydrogen) atoms. The lowest BCUT2D eigenvalue weighted by Crippen LogP contribution is -2.15. The van der Waals surface area contributed by atoms with E-state index in [0.717, 1.165) is 30.2 Å². The van der Waals surface area contributed by atoms with Crippen molar-refractivity contribution in [2.24, 2.45) is 7.05 Å². The molecule has 3 aromatic rings. The zero-order valence-electron chi connectivity index (χ0n) is 13.7. The first kappa shape index (κ1) is 14.9. The Labute approximate surface area is 140 Å². The molecule has 122 valence electrons. The van der Waals surface area contributed by atoms with Gasteiger partial charge in [0.25, 0.3) is 5.56 Å². The summed E-state index contributed by atoms with van der Waals surface area (Å²) in [5, 5.41) is 4.71. The van der Waals surface area contributed by atoms with Crippen molar-refractivity contribution in [3.63, 3.8) is 0 Å². The molecule has 0 saturated heterocycles. The summed E-state index contributed by atoms with van der Waals surface area (Å²) in [6, 6.07) is 13.9. The van der Waals surface area contributed by atoms with Crippen molar-refractivity contribution in [2.45, 2.75) is 31.7 Å². The summed E-state index contributed by atoms with van der Waals surface area (Å²) in [7, 11) is 1.75. The van der Waals surface area contributed by atoms with E-state index in [4.69, 9.17) is 10.1 Å². The fourth-order valence-corrected chi connectivity index (χ4v) is 2.81. The number of nitrogens with zero attached hydrogens (tertiary/aromatic N) is 4. The van der Waals surface area contributed by atoms with Crippen molar-refractivity contribution >= 4 is 0 Å². The predicted molar refractivity (Wildman–Crippen MR) is 92.8 cm³/mol. The van der Waals surface area contributed by atoms with Crippen LogP contribution in [0.15, 0.2) is 53.5 Å². The van der Waals surface area contributed by atoms with E-state index in [9.17, 15) is 4.79 Å². The number of rotatable bonds is 5. The normalized spacial score (nSPS) is 14.0. The van der Waals surface area contributed by atoms with Crippen LogP contribution in [0.4, 0.5) is 0 Å². The summed E-state index contributed by atoms with van der Waals surface area (Å²) in [5.41, 5.74) is 2.08. The minimum Gasteiger partial charge on any atom is -0.319 e. The lowest BCUT2D eigenvalue weighted by Gasteiger charge is -2.07. The monoisotopic (exact) mass is 320 g/mol. The van der Waals surface area contributed by atoms with Gasteiger partial charge >= 0.3 is 0 Å². The highest BCUT2D eigenvalue weighted by molar-refractivity contribution is 5.54. The minimum atomic E-state index is -0.0296. The van der Waals surface area contributed by atoms with E-state index in [1.54, 1.807) is 23.9 Å². The van der Waals surface area contributed by atoms with Crippen LogP contribution in [0, 0.1) is 0 Å². The lowest BCUT2D eigenvalue weighted by atomic mass is 10.1. The average molecular weight is 320 g/mol. The van der Waals surface area contributed by atoms with Crippen LogP contribution in [0.2, 0.25) is 0 Å². The quantitative estimate of drug-likeness (QED) is 0.726. The van der Waals surface area contributed by atoms with Crippen LogP contribution in [0.3, 0.4) is 0 Å². The number of aryl methyl sites for hydroxylation is 3. The lowest BCUT2D eigenvalue weighted by molar-refractivity contribution is 0.611. The largest absolute Gasteiger partial charge is 0.319 e. The van der Waals surface area contributed by atoms with Crippen LogP contribution in [0.5, 0.6) is 0 Å². The Kier molecular flexibility index (Phi) is 3.76. The smallest absolute Gasteiger partial charge is 0.250 e. The maximum atomic E-state index is 12.0. The molecule has 0 N–H and O–H groups in total. The fourth-order valence-electron chi connectivity index (χ4n) is 2.81. The summed E-state index contributed by atoms with van der Waals surface area (Å²) < 4.78 is 3.52. The second-order valence-electron chi connectivity index (χ2n) is 6.39. The summed E-state index contributed by atoms with van der Waals surface area (Å²) >= 11 is 0. The number of hydrogen-bond donors (Lipinski definition) is 0. The first-order chi connectivity index (χ1) is 11.7. The Morgan fingerprint density at radius 3 is 2.67 bits per heavy atom. The van der Waals surface area contributed by atoms with Gasteiger partial charge in [0.1, 0.15) is 0 Å². The maximum Gasteiger partial charge on any atom is 0.250 e. The van der Waals surface area contributed by atoms with Gasteiger partial charge in [0.05, 0.1) is 0 Å². The average Bonchev–Trinajstić information content (AvgIpc) is 3.37. The molecule has 1 saturated carbocycles. The highest BCUT2D eigenvalue weighted by Crippen LogP contribution is 2.38. The molecule has 1 aliphatic rings. The van der Waals surface area contributed by atoms with Gasteiger partial charge in [-0.05, 0) is 30.9 Å². The van der Waals surface area contributed by atoms with Crippen LogP contribution in [-0.4, -0.2) is 19.3 Å². The van der Waals surface area contributed by atoms with E-state index in [-0.39, 0.29) is 5.56 Å². The van der Waals surface area contributed by atoms with Crippen molar-refractivity contribution < 1.29 is 0 Å². The maximum absolute atomic E-state index is 12.0. The number of aromatic nitrogens is 4. The standard InChI is InChI=1S/C19H20N4O/c1-22-11-10-16(13-17(22)24)19-20-18(15-7-8-15)21-23(19)12-9-14-5-3-2-4-6-14/h2-6,10-11,13,15H,7-9,12H2,1H3. The van der Waals surface area contributed by atoms with Crippen molar-refractivity contribution in [2.75, 3.05) is 0 Å². The minimum absolute atomic E-state index is 0.0296. The summed E-state index contributed by atoms with van der Waals surface area (Å²) in [4.78, 5) is 16.7. The molecule has 5 heteroatoms. The van der Waals surface area contributed by atoms with E-state index in [2.05, 4.69) is 12.1 Å². The van der Waals surface area contributed by atoms with Crippen molar-refractivity contribution in [1.29, 1.82) is 0 Å². The zero-order valence-corrected chi connectivity index (χ0v) is 13.7. The highest BCUT2D eigenvalue weighted by Gasteiger charge is 2.29. The molecule has 1 fully saturated rings. The Bertz CT molecular complexity index is 907. The van der Waals surface area contributed by atoms with Gasteiger partial charge < -0.3 is 4.57 Å². The van der Waals surface area contributed by atoms with E-state index < -0.39 is 0 Å². The van der Waals surface area contributed by atoms with Gasteiger partial charge in [-0.15, -0.1) is 0 Å². The Morgan fingerprint density at radius 2 is 1.96 bits per heavy atom. The van der Waals surface area contributed by atoms with Gasteiger partial charge in [-0.1, -0.05) is 30.3 Å². The molecule has 2 heterocycles. The molecule has 0 unspecified atom stereocenters. The third kappa shape index (κ3) is 3.02. The van der Waals surface area contributed by atoms with Gasteiger partial charge in [0.15, 0.2) is 11.6 Å². The molecule has 0 radical (unpaired) electrons. The van der Waals surface area contributed by atoms with Crippen LogP contribution < -0.4 is 5.56 Å². The van der Waals surface area contributed by atoms with E-state index in [1.807, 2.05) is 28.9 Å². The third-order valence-corrected chi connectivity index (χ3v) is 4.45. The Morgan fingerprint density at radius 1 is 1.17 bits per heavy atom. The molecule has 4 rings (SSSR count). The number of benzene rings is 1. The summed E-state index contributed by atoms with van der Waals surface area (Å²) in [6.45, 7) is 0.758. The number of hydrogen-bond acceptors (Lipinski definition) is 3. The Balaban J connectivity index is 1.66. The second kappa shape index (κ2) is 6.07. The topological polar surface area (TPSA) is 52.7 Å². The zero-order chi connectivity index (χ0) is 16.5. The first-order valence-electron chi connectivity index (χ1n) is 8.36.